The highest BCUT2D eigenvalue weighted by atomic mass is 35.5. The minimum atomic E-state index is -0.138. The quantitative estimate of drug-likeness (QED) is 0.712. The maximum Gasteiger partial charge on any atom is 0.279 e. The molecule has 0 spiro atoms. The number of hydrogen-bond donors (Lipinski definition) is 1. The third-order valence-electron chi connectivity index (χ3n) is 5.47. The summed E-state index contributed by atoms with van der Waals surface area (Å²) in [5, 5.41) is 8.42. The van der Waals surface area contributed by atoms with Crippen molar-refractivity contribution in [2.45, 2.75) is 19.0 Å². The molecule has 1 amide bonds. The van der Waals surface area contributed by atoms with E-state index in [-0.39, 0.29) is 5.91 Å². The SMILES string of the molecule is CNC1CCN(c2ncc(N3Cc4cn(-c5ccc(Cl)cc5)nc4C3=O)cn2)C1. The molecule has 1 unspecified atom stereocenters. The average molecular weight is 410 g/mol. The number of halogens is 1. The topological polar surface area (TPSA) is 79.2 Å². The van der Waals surface area contributed by atoms with E-state index in [1.54, 1.807) is 34.1 Å². The Morgan fingerprint density at radius 2 is 1.90 bits per heavy atom. The molecule has 3 aromatic rings. The van der Waals surface area contributed by atoms with Gasteiger partial charge in [0.2, 0.25) is 5.95 Å². The fourth-order valence-electron chi connectivity index (χ4n) is 3.80. The summed E-state index contributed by atoms with van der Waals surface area (Å²) in [6.07, 6.45) is 6.39. The smallest absolute Gasteiger partial charge is 0.279 e. The summed E-state index contributed by atoms with van der Waals surface area (Å²) < 4.78 is 1.71. The maximum absolute atomic E-state index is 12.9. The van der Waals surface area contributed by atoms with E-state index in [0.29, 0.717) is 34.9 Å². The molecule has 1 atom stereocenters. The number of anilines is 2. The van der Waals surface area contributed by atoms with E-state index in [9.17, 15) is 4.79 Å². The summed E-state index contributed by atoms with van der Waals surface area (Å²) in [4.78, 5) is 25.7. The first-order chi connectivity index (χ1) is 14.1. The molecule has 0 radical (unpaired) electrons. The van der Waals surface area contributed by atoms with Crippen molar-refractivity contribution in [1.29, 1.82) is 0 Å². The predicted molar refractivity (Wildman–Crippen MR) is 111 cm³/mol. The number of fused-ring (bicyclic) bond motifs is 1. The molecule has 0 bridgehead atoms. The van der Waals surface area contributed by atoms with Gasteiger partial charge in [0.15, 0.2) is 5.69 Å². The van der Waals surface area contributed by atoms with Gasteiger partial charge >= 0.3 is 0 Å². The average Bonchev–Trinajstić information content (AvgIpc) is 3.45. The summed E-state index contributed by atoms with van der Waals surface area (Å²) in [5.41, 5.74) is 2.88. The van der Waals surface area contributed by atoms with Gasteiger partial charge in [0.1, 0.15) is 0 Å². The highest BCUT2D eigenvalue weighted by Crippen LogP contribution is 2.28. The van der Waals surface area contributed by atoms with E-state index < -0.39 is 0 Å². The molecule has 4 heterocycles. The molecule has 1 fully saturated rings. The molecule has 1 N–H and O–H groups in total. The number of aromatic nitrogens is 4. The number of carbonyl (C=O) groups excluding carboxylic acids is 1. The normalized spacial score (nSPS) is 18.6. The molecular formula is C20H20ClN7O. The molecule has 0 aliphatic carbocycles. The standard InChI is InChI=1S/C20H20ClN7O/c1-22-15-6-7-26(12-15)20-23-8-17(9-24-20)27-10-13-11-28(25-18(13)19(27)29)16-4-2-14(21)3-5-16/h2-5,8-9,11,15,22H,6-7,10,12H2,1H3. The van der Waals surface area contributed by atoms with Gasteiger partial charge < -0.3 is 10.2 Å². The number of nitrogens with one attached hydrogen (secondary N) is 1. The Bertz CT molecular complexity index is 1050. The van der Waals surface area contributed by atoms with Crippen LogP contribution in [0.15, 0.2) is 42.9 Å². The minimum Gasteiger partial charge on any atom is -0.339 e. The maximum atomic E-state index is 12.9. The number of benzene rings is 1. The first-order valence-electron chi connectivity index (χ1n) is 9.53. The fraction of sp³-hybridized carbons (Fsp3) is 0.300. The Hall–Kier alpha value is -2.97. The van der Waals surface area contributed by atoms with Crippen LogP contribution < -0.4 is 15.1 Å². The van der Waals surface area contributed by atoms with Crippen LogP contribution in [0.3, 0.4) is 0 Å². The zero-order valence-electron chi connectivity index (χ0n) is 15.9. The number of amides is 1. The van der Waals surface area contributed by atoms with Gasteiger partial charge in [-0.15, -0.1) is 0 Å². The second-order valence-corrected chi connectivity index (χ2v) is 7.71. The van der Waals surface area contributed by atoms with E-state index in [0.717, 1.165) is 30.8 Å². The molecule has 5 rings (SSSR count). The molecule has 9 heteroatoms. The van der Waals surface area contributed by atoms with Crippen LogP contribution in [0.5, 0.6) is 0 Å². The van der Waals surface area contributed by atoms with Gasteiger partial charge in [-0.1, -0.05) is 11.6 Å². The largest absolute Gasteiger partial charge is 0.339 e. The van der Waals surface area contributed by atoms with E-state index in [4.69, 9.17) is 11.6 Å². The van der Waals surface area contributed by atoms with Crippen molar-refractivity contribution in [2.24, 2.45) is 0 Å². The van der Waals surface area contributed by atoms with E-state index in [2.05, 4.69) is 25.3 Å². The summed E-state index contributed by atoms with van der Waals surface area (Å²) in [6.45, 7) is 2.27. The zero-order valence-corrected chi connectivity index (χ0v) is 16.7. The number of hydrogen-bond acceptors (Lipinski definition) is 6. The van der Waals surface area contributed by atoms with Crippen LogP contribution in [0, 0.1) is 0 Å². The van der Waals surface area contributed by atoms with Crippen LogP contribution >= 0.6 is 11.6 Å². The van der Waals surface area contributed by atoms with Crippen molar-refractivity contribution in [3.8, 4) is 5.69 Å². The van der Waals surface area contributed by atoms with Gasteiger partial charge in [-0.25, -0.2) is 14.6 Å². The van der Waals surface area contributed by atoms with Crippen molar-refractivity contribution < 1.29 is 4.79 Å². The molecule has 2 aromatic heterocycles. The fourth-order valence-corrected chi connectivity index (χ4v) is 3.93. The van der Waals surface area contributed by atoms with Gasteiger partial charge in [0, 0.05) is 35.9 Å². The second kappa shape index (κ2) is 7.13. The Kier molecular flexibility index (Phi) is 4.44. The molecule has 2 aliphatic rings. The first kappa shape index (κ1) is 18.1. The lowest BCUT2D eigenvalue weighted by molar-refractivity contribution is 0.0991. The van der Waals surface area contributed by atoms with Gasteiger partial charge in [0.05, 0.1) is 30.3 Å². The van der Waals surface area contributed by atoms with Crippen LogP contribution in [0.25, 0.3) is 5.69 Å². The predicted octanol–water partition coefficient (Wildman–Crippen LogP) is 2.27. The van der Waals surface area contributed by atoms with E-state index in [1.807, 2.05) is 25.4 Å². The molecule has 1 aromatic carbocycles. The Labute approximate surface area is 173 Å². The Morgan fingerprint density at radius 1 is 1.14 bits per heavy atom. The second-order valence-electron chi connectivity index (χ2n) is 7.28. The van der Waals surface area contributed by atoms with Crippen molar-refractivity contribution in [3.05, 3.63) is 59.1 Å². The van der Waals surface area contributed by atoms with Crippen LogP contribution in [0.4, 0.5) is 11.6 Å². The monoisotopic (exact) mass is 409 g/mol. The number of nitrogens with zero attached hydrogens (tertiary/aromatic N) is 6. The van der Waals surface area contributed by atoms with E-state index in [1.165, 1.54) is 0 Å². The highest BCUT2D eigenvalue weighted by Gasteiger charge is 2.33. The molecule has 29 heavy (non-hydrogen) atoms. The Morgan fingerprint density at radius 3 is 2.55 bits per heavy atom. The number of carbonyl (C=O) groups is 1. The summed E-state index contributed by atoms with van der Waals surface area (Å²) in [7, 11) is 1.97. The minimum absolute atomic E-state index is 0.138. The third kappa shape index (κ3) is 3.24. The van der Waals surface area contributed by atoms with E-state index >= 15 is 0 Å². The molecule has 1 saturated heterocycles. The Balaban J connectivity index is 1.33. The van der Waals surface area contributed by atoms with Crippen molar-refractivity contribution in [2.75, 3.05) is 29.9 Å². The zero-order chi connectivity index (χ0) is 20.0. The van der Waals surface area contributed by atoms with Gasteiger partial charge in [-0.05, 0) is 37.7 Å². The first-order valence-corrected chi connectivity index (χ1v) is 9.91. The number of rotatable bonds is 4. The van der Waals surface area contributed by atoms with Crippen molar-refractivity contribution >= 4 is 29.1 Å². The number of likely N-dealkylation sites (N-methyl/N-ethyl adjacent to an activating group) is 1. The van der Waals surface area contributed by atoms with Gasteiger partial charge in [0.25, 0.3) is 5.91 Å². The third-order valence-corrected chi connectivity index (χ3v) is 5.72. The summed E-state index contributed by atoms with van der Waals surface area (Å²) >= 11 is 5.94. The molecule has 8 nitrogen and oxygen atoms in total. The van der Waals surface area contributed by atoms with Crippen LogP contribution in [0.1, 0.15) is 22.5 Å². The summed E-state index contributed by atoms with van der Waals surface area (Å²) in [6, 6.07) is 7.81. The van der Waals surface area contributed by atoms with Gasteiger partial charge in [-0.2, -0.15) is 5.10 Å². The van der Waals surface area contributed by atoms with Crippen molar-refractivity contribution in [3.63, 3.8) is 0 Å². The van der Waals surface area contributed by atoms with Crippen LogP contribution in [-0.2, 0) is 6.54 Å². The molecule has 0 saturated carbocycles. The highest BCUT2D eigenvalue weighted by molar-refractivity contribution is 6.30. The van der Waals surface area contributed by atoms with Crippen LogP contribution in [0.2, 0.25) is 5.02 Å². The lowest BCUT2D eigenvalue weighted by Crippen LogP contribution is -2.30. The molecule has 148 valence electrons. The van der Waals surface area contributed by atoms with Crippen LogP contribution in [-0.4, -0.2) is 51.8 Å². The molecule has 2 aliphatic heterocycles. The lowest BCUT2D eigenvalue weighted by Gasteiger charge is -2.19. The van der Waals surface area contributed by atoms with Gasteiger partial charge in [-0.3, -0.25) is 9.69 Å². The molecular weight excluding hydrogens is 390 g/mol. The van der Waals surface area contributed by atoms with Crippen molar-refractivity contribution in [1.82, 2.24) is 25.1 Å². The lowest BCUT2D eigenvalue weighted by atomic mass is 10.3. The summed E-state index contributed by atoms with van der Waals surface area (Å²) in [5.74, 6) is 0.560.